The number of anilines is 1. The number of amides is 1. The van der Waals surface area contributed by atoms with Gasteiger partial charge in [0.15, 0.2) is 0 Å². The first-order chi connectivity index (χ1) is 9.13. The molecule has 1 amide bonds. The van der Waals surface area contributed by atoms with E-state index in [0.717, 1.165) is 24.9 Å². The Balaban J connectivity index is 2.27. The second-order valence-electron chi connectivity index (χ2n) is 5.39. The van der Waals surface area contributed by atoms with Gasteiger partial charge in [0.2, 0.25) is 0 Å². The van der Waals surface area contributed by atoms with E-state index in [4.69, 9.17) is 5.84 Å². The van der Waals surface area contributed by atoms with Crippen LogP contribution >= 0.6 is 0 Å². The average molecular weight is 261 g/mol. The first kappa shape index (κ1) is 13.9. The minimum atomic E-state index is 0.0855. The second-order valence-corrected chi connectivity index (χ2v) is 5.39. The maximum absolute atomic E-state index is 12.7. The van der Waals surface area contributed by atoms with E-state index in [9.17, 15) is 4.79 Å². The van der Waals surface area contributed by atoms with Gasteiger partial charge in [-0.25, -0.2) is 0 Å². The van der Waals surface area contributed by atoms with E-state index in [1.165, 1.54) is 12.8 Å². The summed E-state index contributed by atoms with van der Waals surface area (Å²) in [6.45, 7) is 4.97. The van der Waals surface area contributed by atoms with Gasteiger partial charge >= 0.3 is 0 Å². The van der Waals surface area contributed by atoms with Crippen LogP contribution in [0.25, 0.3) is 0 Å². The molecule has 1 aromatic carbocycles. The number of likely N-dealkylation sites (tertiary alicyclic amines) is 1. The SMILES string of the molecule is Cc1ccc(C(=O)N2CCCCCC2C)c(NN)c1. The van der Waals surface area contributed by atoms with E-state index >= 15 is 0 Å². The van der Waals surface area contributed by atoms with Crippen LogP contribution in [0.5, 0.6) is 0 Å². The molecule has 1 heterocycles. The van der Waals surface area contributed by atoms with E-state index < -0.39 is 0 Å². The zero-order chi connectivity index (χ0) is 13.8. The number of carbonyl (C=O) groups is 1. The molecule has 0 spiro atoms. The van der Waals surface area contributed by atoms with Crippen molar-refractivity contribution in [3.63, 3.8) is 0 Å². The molecule has 0 aliphatic carbocycles. The summed E-state index contributed by atoms with van der Waals surface area (Å²) >= 11 is 0. The molecule has 0 aromatic heterocycles. The van der Waals surface area contributed by atoms with E-state index in [2.05, 4.69) is 12.3 Å². The summed E-state index contributed by atoms with van der Waals surface area (Å²) < 4.78 is 0. The number of carbonyl (C=O) groups excluding carboxylic acids is 1. The van der Waals surface area contributed by atoms with E-state index in [1.807, 2.05) is 30.0 Å². The predicted octanol–water partition coefficient (Wildman–Crippen LogP) is 2.69. The second kappa shape index (κ2) is 6.06. The number of hydrazine groups is 1. The number of benzene rings is 1. The number of hydrogen-bond donors (Lipinski definition) is 2. The number of nitrogens with one attached hydrogen (secondary N) is 1. The molecule has 2 rings (SSSR count). The van der Waals surface area contributed by atoms with Crippen molar-refractivity contribution in [3.8, 4) is 0 Å². The van der Waals surface area contributed by atoms with Crippen LogP contribution in [-0.4, -0.2) is 23.4 Å². The number of nitrogen functional groups attached to an aromatic ring is 1. The average Bonchev–Trinajstić information content (AvgIpc) is 2.62. The molecule has 1 aromatic rings. The van der Waals surface area contributed by atoms with Crippen LogP contribution in [0.2, 0.25) is 0 Å². The molecule has 1 atom stereocenters. The lowest BCUT2D eigenvalue weighted by Gasteiger charge is -2.28. The van der Waals surface area contributed by atoms with Crippen LogP contribution in [0.3, 0.4) is 0 Å². The summed E-state index contributed by atoms with van der Waals surface area (Å²) in [6.07, 6.45) is 4.60. The van der Waals surface area contributed by atoms with Crippen LogP contribution in [0.1, 0.15) is 48.5 Å². The Kier molecular flexibility index (Phi) is 4.43. The molecule has 1 aliphatic rings. The largest absolute Gasteiger partial charge is 0.336 e. The highest BCUT2D eigenvalue weighted by Gasteiger charge is 2.24. The number of rotatable bonds is 2. The lowest BCUT2D eigenvalue weighted by molar-refractivity contribution is 0.0699. The Labute approximate surface area is 114 Å². The summed E-state index contributed by atoms with van der Waals surface area (Å²) in [6, 6.07) is 6.04. The highest BCUT2D eigenvalue weighted by Crippen LogP contribution is 2.23. The van der Waals surface area contributed by atoms with Crippen LogP contribution in [0.15, 0.2) is 18.2 Å². The van der Waals surface area contributed by atoms with Gasteiger partial charge in [-0.1, -0.05) is 18.9 Å². The summed E-state index contributed by atoms with van der Waals surface area (Å²) in [7, 11) is 0. The molecular weight excluding hydrogens is 238 g/mol. The molecule has 1 saturated heterocycles. The highest BCUT2D eigenvalue weighted by atomic mass is 16.2. The number of nitrogens with zero attached hydrogens (tertiary/aromatic N) is 1. The summed E-state index contributed by atoms with van der Waals surface area (Å²) in [5.74, 6) is 5.62. The first-order valence-corrected chi connectivity index (χ1v) is 7.01. The van der Waals surface area contributed by atoms with Crippen LogP contribution in [-0.2, 0) is 0 Å². The molecule has 0 radical (unpaired) electrons. The molecule has 3 N–H and O–H groups in total. The maximum atomic E-state index is 12.7. The van der Waals surface area contributed by atoms with Crippen molar-refractivity contribution in [2.24, 2.45) is 5.84 Å². The molecule has 19 heavy (non-hydrogen) atoms. The van der Waals surface area contributed by atoms with Crippen LogP contribution in [0.4, 0.5) is 5.69 Å². The normalized spacial score (nSPS) is 19.9. The summed E-state index contributed by atoms with van der Waals surface area (Å²) in [5, 5.41) is 0. The van der Waals surface area contributed by atoms with Crippen molar-refractivity contribution in [1.82, 2.24) is 4.90 Å². The lowest BCUT2D eigenvalue weighted by atomic mass is 10.1. The summed E-state index contributed by atoms with van der Waals surface area (Å²) in [4.78, 5) is 14.7. The fourth-order valence-electron chi connectivity index (χ4n) is 2.70. The Morgan fingerprint density at radius 3 is 2.89 bits per heavy atom. The molecular formula is C15H23N3O. The predicted molar refractivity (Wildman–Crippen MR) is 78.0 cm³/mol. The van der Waals surface area contributed by atoms with Crippen molar-refractivity contribution in [2.75, 3.05) is 12.0 Å². The van der Waals surface area contributed by atoms with Crippen molar-refractivity contribution >= 4 is 11.6 Å². The third-order valence-electron chi connectivity index (χ3n) is 3.87. The third-order valence-corrected chi connectivity index (χ3v) is 3.87. The van der Waals surface area contributed by atoms with Crippen molar-refractivity contribution in [2.45, 2.75) is 45.6 Å². The van der Waals surface area contributed by atoms with Gasteiger partial charge in [0.05, 0.1) is 11.3 Å². The number of hydrogen-bond acceptors (Lipinski definition) is 3. The third kappa shape index (κ3) is 3.07. The van der Waals surface area contributed by atoms with Gasteiger partial charge in [-0.05, 0) is 44.4 Å². The van der Waals surface area contributed by atoms with Gasteiger partial charge in [0.25, 0.3) is 5.91 Å². The lowest BCUT2D eigenvalue weighted by Crippen LogP contribution is -2.38. The zero-order valence-electron chi connectivity index (χ0n) is 11.8. The molecule has 0 saturated carbocycles. The van der Waals surface area contributed by atoms with Crippen LogP contribution in [0, 0.1) is 6.92 Å². The topological polar surface area (TPSA) is 58.4 Å². The maximum Gasteiger partial charge on any atom is 0.256 e. The number of aryl methyl sites for hydroxylation is 1. The van der Waals surface area contributed by atoms with Gasteiger partial charge in [0, 0.05) is 12.6 Å². The smallest absolute Gasteiger partial charge is 0.256 e. The zero-order valence-corrected chi connectivity index (χ0v) is 11.8. The first-order valence-electron chi connectivity index (χ1n) is 7.01. The Morgan fingerprint density at radius 2 is 2.16 bits per heavy atom. The summed E-state index contributed by atoms with van der Waals surface area (Å²) in [5.41, 5.74) is 5.11. The standard InChI is InChI=1S/C15H23N3O/c1-11-7-8-13(14(10-11)17-16)15(19)18-9-5-3-4-6-12(18)2/h7-8,10,12,17H,3-6,9,16H2,1-2H3. The monoisotopic (exact) mass is 261 g/mol. The van der Waals surface area contributed by atoms with Gasteiger partial charge < -0.3 is 10.3 Å². The van der Waals surface area contributed by atoms with Crippen molar-refractivity contribution < 1.29 is 4.79 Å². The Hall–Kier alpha value is -1.55. The highest BCUT2D eigenvalue weighted by molar-refractivity contribution is 5.99. The minimum absolute atomic E-state index is 0.0855. The molecule has 1 fully saturated rings. The molecule has 1 unspecified atom stereocenters. The molecule has 4 heteroatoms. The van der Waals surface area contributed by atoms with E-state index in [0.29, 0.717) is 17.3 Å². The van der Waals surface area contributed by atoms with Crippen molar-refractivity contribution in [3.05, 3.63) is 29.3 Å². The van der Waals surface area contributed by atoms with Gasteiger partial charge in [-0.15, -0.1) is 0 Å². The fraction of sp³-hybridized carbons (Fsp3) is 0.533. The Morgan fingerprint density at radius 1 is 1.37 bits per heavy atom. The molecule has 0 bridgehead atoms. The fourth-order valence-corrected chi connectivity index (χ4v) is 2.70. The Bertz CT molecular complexity index is 459. The van der Waals surface area contributed by atoms with Crippen LogP contribution < -0.4 is 11.3 Å². The minimum Gasteiger partial charge on any atom is -0.336 e. The van der Waals surface area contributed by atoms with Gasteiger partial charge in [-0.3, -0.25) is 10.6 Å². The van der Waals surface area contributed by atoms with Gasteiger partial charge in [-0.2, -0.15) is 0 Å². The number of nitrogens with two attached hydrogens (primary N) is 1. The quantitative estimate of drug-likeness (QED) is 0.635. The molecule has 4 nitrogen and oxygen atoms in total. The van der Waals surface area contributed by atoms with Crippen molar-refractivity contribution in [1.29, 1.82) is 0 Å². The van der Waals surface area contributed by atoms with Gasteiger partial charge in [0.1, 0.15) is 0 Å². The van der Waals surface area contributed by atoms with E-state index in [1.54, 1.807) is 0 Å². The molecule has 104 valence electrons. The van der Waals surface area contributed by atoms with E-state index in [-0.39, 0.29) is 5.91 Å². The molecule has 1 aliphatic heterocycles.